The summed E-state index contributed by atoms with van der Waals surface area (Å²) in [7, 11) is 0. The Balaban J connectivity index is 1.59. The van der Waals surface area contributed by atoms with Crippen molar-refractivity contribution in [1.82, 2.24) is 10.2 Å². The van der Waals surface area contributed by atoms with Gasteiger partial charge in [-0.1, -0.05) is 23.8 Å². The molecule has 0 radical (unpaired) electrons. The fourth-order valence-electron chi connectivity index (χ4n) is 3.17. The van der Waals surface area contributed by atoms with Gasteiger partial charge in [-0.25, -0.2) is 0 Å². The van der Waals surface area contributed by atoms with E-state index in [2.05, 4.69) is 28.2 Å². The van der Waals surface area contributed by atoms with Crippen LogP contribution in [-0.4, -0.2) is 34.7 Å². The summed E-state index contributed by atoms with van der Waals surface area (Å²) < 4.78 is 5.30. The summed E-state index contributed by atoms with van der Waals surface area (Å²) in [6.07, 6.45) is 7.13. The van der Waals surface area contributed by atoms with E-state index in [1.807, 2.05) is 0 Å². The molecular formula is C15H23N3O2S. The van der Waals surface area contributed by atoms with Crippen molar-refractivity contribution in [2.24, 2.45) is 11.8 Å². The SMILES string of the molecule is C=CC1CCCC(c2nnc(NC(O)C3CCOC3)s2)C1. The minimum atomic E-state index is -0.597. The van der Waals surface area contributed by atoms with Gasteiger partial charge in [0.2, 0.25) is 5.13 Å². The van der Waals surface area contributed by atoms with E-state index in [0.29, 0.717) is 23.6 Å². The minimum Gasteiger partial charge on any atom is -0.381 e. The number of aliphatic hydroxyl groups is 1. The smallest absolute Gasteiger partial charge is 0.207 e. The Morgan fingerprint density at radius 3 is 3.05 bits per heavy atom. The van der Waals surface area contributed by atoms with Gasteiger partial charge < -0.3 is 15.2 Å². The minimum absolute atomic E-state index is 0.150. The Kier molecular flexibility index (Phi) is 4.87. The molecule has 0 aromatic carbocycles. The monoisotopic (exact) mass is 309 g/mol. The van der Waals surface area contributed by atoms with Crippen molar-refractivity contribution in [1.29, 1.82) is 0 Å². The molecule has 2 fully saturated rings. The van der Waals surface area contributed by atoms with Crippen LogP contribution in [0.3, 0.4) is 0 Å². The van der Waals surface area contributed by atoms with Crippen LogP contribution in [0.1, 0.15) is 43.0 Å². The second-order valence-corrected chi connectivity index (χ2v) is 7.03. The van der Waals surface area contributed by atoms with E-state index >= 15 is 0 Å². The van der Waals surface area contributed by atoms with Crippen LogP contribution < -0.4 is 5.32 Å². The Bertz CT molecular complexity index is 473. The molecule has 1 aromatic heterocycles. The standard InChI is InChI=1S/C15H23N3O2S/c1-2-10-4-3-5-11(8-10)14-17-18-15(21-14)16-13(19)12-6-7-20-9-12/h2,10-13,19H,1,3-9H2,(H,16,18). The van der Waals surface area contributed by atoms with Crippen LogP contribution >= 0.6 is 11.3 Å². The highest BCUT2D eigenvalue weighted by atomic mass is 32.1. The van der Waals surface area contributed by atoms with Gasteiger partial charge in [-0.3, -0.25) is 0 Å². The lowest BCUT2D eigenvalue weighted by molar-refractivity contribution is 0.112. The second-order valence-electron chi connectivity index (χ2n) is 6.02. The van der Waals surface area contributed by atoms with Crippen LogP contribution in [0, 0.1) is 11.8 Å². The number of ether oxygens (including phenoxy) is 1. The summed E-state index contributed by atoms with van der Waals surface area (Å²) in [5.74, 6) is 1.24. The van der Waals surface area contributed by atoms with E-state index in [4.69, 9.17) is 4.74 Å². The Morgan fingerprint density at radius 1 is 1.38 bits per heavy atom. The third kappa shape index (κ3) is 3.62. The van der Waals surface area contributed by atoms with Crippen molar-refractivity contribution >= 4 is 16.5 Å². The molecule has 4 unspecified atom stereocenters. The quantitative estimate of drug-likeness (QED) is 0.646. The molecule has 21 heavy (non-hydrogen) atoms. The first-order valence-corrected chi connectivity index (χ1v) is 8.56. The number of aromatic nitrogens is 2. The average Bonchev–Trinajstić information content (AvgIpc) is 3.18. The largest absolute Gasteiger partial charge is 0.381 e. The number of anilines is 1. The summed E-state index contributed by atoms with van der Waals surface area (Å²) in [4.78, 5) is 0. The van der Waals surface area contributed by atoms with Gasteiger partial charge in [0.05, 0.1) is 6.61 Å². The van der Waals surface area contributed by atoms with E-state index in [-0.39, 0.29) is 5.92 Å². The number of nitrogens with zero attached hydrogens (tertiary/aromatic N) is 2. The number of nitrogens with one attached hydrogen (secondary N) is 1. The molecule has 3 rings (SSSR count). The first-order valence-electron chi connectivity index (χ1n) is 7.74. The van der Waals surface area contributed by atoms with E-state index < -0.39 is 6.23 Å². The molecule has 0 amide bonds. The van der Waals surface area contributed by atoms with Gasteiger partial charge in [0.25, 0.3) is 0 Å². The van der Waals surface area contributed by atoms with E-state index in [9.17, 15) is 5.11 Å². The van der Waals surface area contributed by atoms with Gasteiger partial charge in [0, 0.05) is 18.4 Å². The molecule has 116 valence electrons. The first kappa shape index (κ1) is 14.9. The molecule has 2 heterocycles. The normalized spacial score (nSPS) is 31.0. The topological polar surface area (TPSA) is 67.3 Å². The number of hydrogen-bond donors (Lipinski definition) is 2. The molecule has 1 aliphatic heterocycles. The molecule has 4 atom stereocenters. The molecule has 1 saturated heterocycles. The van der Waals surface area contributed by atoms with E-state index in [1.54, 1.807) is 11.3 Å². The predicted molar refractivity (Wildman–Crippen MR) is 83.4 cm³/mol. The Labute approximate surface area is 129 Å². The van der Waals surface area contributed by atoms with E-state index in [0.717, 1.165) is 24.5 Å². The van der Waals surface area contributed by atoms with Gasteiger partial charge in [0.15, 0.2) is 0 Å². The van der Waals surface area contributed by atoms with Gasteiger partial charge in [-0.05, 0) is 31.6 Å². The van der Waals surface area contributed by atoms with Crippen LogP contribution in [0.2, 0.25) is 0 Å². The van der Waals surface area contributed by atoms with Gasteiger partial charge in [-0.2, -0.15) is 0 Å². The van der Waals surface area contributed by atoms with Crippen molar-refractivity contribution < 1.29 is 9.84 Å². The molecule has 2 N–H and O–H groups in total. The zero-order valence-electron chi connectivity index (χ0n) is 12.2. The average molecular weight is 309 g/mol. The zero-order chi connectivity index (χ0) is 14.7. The highest BCUT2D eigenvalue weighted by Gasteiger charge is 2.27. The molecule has 6 heteroatoms. The highest BCUT2D eigenvalue weighted by Crippen LogP contribution is 2.38. The lowest BCUT2D eigenvalue weighted by atomic mass is 9.82. The van der Waals surface area contributed by atoms with Crippen molar-refractivity contribution in [2.45, 2.75) is 44.2 Å². The van der Waals surface area contributed by atoms with Crippen LogP contribution in [0.25, 0.3) is 0 Å². The van der Waals surface area contributed by atoms with Gasteiger partial charge in [0.1, 0.15) is 11.2 Å². The predicted octanol–water partition coefficient (Wildman–Crippen LogP) is 2.76. The third-order valence-electron chi connectivity index (χ3n) is 4.52. The Hall–Kier alpha value is -0.980. The lowest BCUT2D eigenvalue weighted by Gasteiger charge is -2.25. The first-order chi connectivity index (χ1) is 10.3. The highest BCUT2D eigenvalue weighted by molar-refractivity contribution is 7.15. The molecule has 1 aromatic rings. The second kappa shape index (κ2) is 6.85. The fourth-order valence-corrected chi connectivity index (χ4v) is 4.09. The van der Waals surface area contributed by atoms with Crippen LogP contribution in [0.4, 0.5) is 5.13 Å². The maximum Gasteiger partial charge on any atom is 0.207 e. The summed E-state index contributed by atoms with van der Waals surface area (Å²) in [6, 6.07) is 0. The van der Waals surface area contributed by atoms with Crippen LogP contribution in [-0.2, 0) is 4.74 Å². The number of hydrogen-bond acceptors (Lipinski definition) is 6. The van der Waals surface area contributed by atoms with Gasteiger partial charge >= 0.3 is 0 Å². The molecule has 0 spiro atoms. The summed E-state index contributed by atoms with van der Waals surface area (Å²) >= 11 is 1.57. The molecule has 5 nitrogen and oxygen atoms in total. The van der Waals surface area contributed by atoms with E-state index in [1.165, 1.54) is 19.3 Å². The van der Waals surface area contributed by atoms with Crippen molar-refractivity contribution in [2.75, 3.05) is 18.5 Å². The van der Waals surface area contributed by atoms with Gasteiger partial charge in [-0.15, -0.1) is 16.8 Å². The number of allylic oxidation sites excluding steroid dienone is 1. The van der Waals surface area contributed by atoms with Crippen LogP contribution in [0.5, 0.6) is 0 Å². The third-order valence-corrected chi connectivity index (χ3v) is 5.54. The molecular weight excluding hydrogens is 286 g/mol. The number of rotatable bonds is 5. The Morgan fingerprint density at radius 2 is 2.29 bits per heavy atom. The van der Waals surface area contributed by atoms with Crippen molar-refractivity contribution in [3.05, 3.63) is 17.7 Å². The molecule has 0 bridgehead atoms. The molecule has 1 aliphatic carbocycles. The summed E-state index contributed by atoms with van der Waals surface area (Å²) in [5, 5.41) is 23.5. The van der Waals surface area contributed by atoms with Crippen molar-refractivity contribution in [3.63, 3.8) is 0 Å². The fraction of sp³-hybridized carbons (Fsp3) is 0.733. The maximum absolute atomic E-state index is 10.1. The maximum atomic E-state index is 10.1. The number of aliphatic hydroxyl groups excluding tert-OH is 1. The van der Waals surface area contributed by atoms with Crippen molar-refractivity contribution in [3.8, 4) is 0 Å². The molecule has 1 saturated carbocycles. The zero-order valence-corrected chi connectivity index (χ0v) is 13.0. The lowest BCUT2D eigenvalue weighted by Crippen LogP contribution is -2.28. The van der Waals surface area contributed by atoms with Crippen LogP contribution in [0.15, 0.2) is 12.7 Å². The summed E-state index contributed by atoms with van der Waals surface area (Å²) in [5.41, 5.74) is 0. The summed E-state index contributed by atoms with van der Waals surface area (Å²) in [6.45, 7) is 5.26. The molecule has 2 aliphatic rings.